The molecule has 0 unspecified atom stereocenters. The van der Waals surface area contributed by atoms with Crippen molar-refractivity contribution in [2.24, 2.45) is 5.41 Å². The van der Waals surface area contributed by atoms with Gasteiger partial charge in [-0.2, -0.15) is 0 Å². The van der Waals surface area contributed by atoms with Gasteiger partial charge in [0.1, 0.15) is 0 Å². The van der Waals surface area contributed by atoms with E-state index in [1.165, 1.54) is 6.42 Å². The third-order valence-corrected chi connectivity index (χ3v) is 3.01. The van der Waals surface area contributed by atoms with E-state index in [0.717, 1.165) is 32.3 Å². The predicted molar refractivity (Wildman–Crippen MR) is 48.3 cm³/mol. The molecule has 0 radical (unpaired) electrons. The van der Waals surface area contributed by atoms with E-state index in [9.17, 15) is 0 Å². The van der Waals surface area contributed by atoms with E-state index in [4.69, 9.17) is 14.6 Å². The van der Waals surface area contributed by atoms with Crippen molar-refractivity contribution < 1.29 is 14.6 Å². The van der Waals surface area contributed by atoms with Crippen molar-refractivity contribution in [1.82, 2.24) is 0 Å². The SMILES string of the molecule is OCC1(CO[C@@H]2CCCCO2)CC1. The molecule has 1 heterocycles. The van der Waals surface area contributed by atoms with Crippen LogP contribution < -0.4 is 0 Å². The van der Waals surface area contributed by atoms with Gasteiger partial charge in [-0.1, -0.05) is 0 Å². The Balaban J connectivity index is 1.66. The van der Waals surface area contributed by atoms with Gasteiger partial charge in [-0.15, -0.1) is 0 Å². The van der Waals surface area contributed by atoms with Crippen LogP contribution in [0, 0.1) is 5.41 Å². The number of ether oxygens (including phenoxy) is 2. The second kappa shape index (κ2) is 3.95. The lowest BCUT2D eigenvalue weighted by Gasteiger charge is -2.24. The highest BCUT2D eigenvalue weighted by atomic mass is 16.7. The van der Waals surface area contributed by atoms with Gasteiger partial charge >= 0.3 is 0 Å². The zero-order valence-electron chi connectivity index (χ0n) is 8.00. The lowest BCUT2D eigenvalue weighted by molar-refractivity contribution is -0.173. The summed E-state index contributed by atoms with van der Waals surface area (Å²) in [6.07, 6.45) is 5.59. The fourth-order valence-corrected chi connectivity index (χ4v) is 1.64. The molecular weight excluding hydrogens is 168 g/mol. The first-order valence-corrected chi connectivity index (χ1v) is 5.19. The van der Waals surface area contributed by atoms with Gasteiger partial charge < -0.3 is 14.6 Å². The average Bonchev–Trinajstić information content (AvgIpc) is 2.97. The molecule has 0 aromatic carbocycles. The molecule has 1 saturated carbocycles. The lowest BCUT2D eigenvalue weighted by atomic mass is 10.1. The van der Waals surface area contributed by atoms with Gasteiger partial charge in [0.2, 0.25) is 0 Å². The Morgan fingerprint density at radius 1 is 1.38 bits per heavy atom. The standard InChI is InChI=1S/C10H18O3/c11-7-10(4-5-10)8-13-9-3-1-2-6-12-9/h9,11H,1-8H2/t9-/m1/s1. The molecule has 0 aromatic rings. The summed E-state index contributed by atoms with van der Waals surface area (Å²) in [5.41, 5.74) is 0.0980. The normalized spacial score (nSPS) is 31.6. The first-order valence-electron chi connectivity index (χ1n) is 5.19. The maximum atomic E-state index is 9.07. The molecular formula is C10H18O3. The second-order valence-electron chi connectivity index (χ2n) is 4.27. The zero-order valence-corrected chi connectivity index (χ0v) is 8.00. The predicted octanol–water partition coefficient (Wildman–Crippen LogP) is 1.30. The smallest absolute Gasteiger partial charge is 0.157 e. The Kier molecular flexibility index (Phi) is 2.86. The van der Waals surface area contributed by atoms with Crippen LogP contribution in [0.4, 0.5) is 0 Å². The molecule has 76 valence electrons. The molecule has 0 aromatic heterocycles. The Hall–Kier alpha value is -0.120. The third kappa shape index (κ3) is 2.42. The van der Waals surface area contributed by atoms with Crippen molar-refractivity contribution >= 4 is 0 Å². The molecule has 2 fully saturated rings. The van der Waals surface area contributed by atoms with Crippen LogP contribution in [0.3, 0.4) is 0 Å². The molecule has 3 nitrogen and oxygen atoms in total. The van der Waals surface area contributed by atoms with Gasteiger partial charge in [-0.05, 0) is 32.1 Å². The van der Waals surface area contributed by atoms with Gasteiger partial charge in [-0.3, -0.25) is 0 Å². The lowest BCUT2D eigenvalue weighted by Crippen LogP contribution is -2.26. The molecule has 0 spiro atoms. The van der Waals surface area contributed by atoms with Crippen LogP contribution in [-0.2, 0) is 9.47 Å². The summed E-state index contributed by atoms with van der Waals surface area (Å²) in [4.78, 5) is 0. The van der Waals surface area contributed by atoms with Crippen LogP contribution in [0.5, 0.6) is 0 Å². The number of aliphatic hydroxyl groups excluding tert-OH is 1. The summed E-state index contributed by atoms with van der Waals surface area (Å²) in [6.45, 7) is 1.77. The zero-order chi connectivity index (χ0) is 9.15. The van der Waals surface area contributed by atoms with Crippen molar-refractivity contribution in [2.75, 3.05) is 19.8 Å². The van der Waals surface area contributed by atoms with Crippen LogP contribution in [0.25, 0.3) is 0 Å². The second-order valence-corrected chi connectivity index (χ2v) is 4.27. The molecule has 1 aliphatic carbocycles. The van der Waals surface area contributed by atoms with Crippen LogP contribution in [0.1, 0.15) is 32.1 Å². The van der Waals surface area contributed by atoms with E-state index >= 15 is 0 Å². The van der Waals surface area contributed by atoms with Crippen LogP contribution in [-0.4, -0.2) is 31.2 Å². The minimum absolute atomic E-state index is 0.00206. The van der Waals surface area contributed by atoms with E-state index in [1.807, 2.05) is 0 Å². The van der Waals surface area contributed by atoms with E-state index < -0.39 is 0 Å². The number of rotatable bonds is 4. The van der Waals surface area contributed by atoms with E-state index in [1.54, 1.807) is 0 Å². The highest BCUT2D eigenvalue weighted by molar-refractivity contribution is 4.92. The number of hydrogen-bond acceptors (Lipinski definition) is 3. The maximum absolute atomic E-state index is 9.07. The topological polar surface area (TPSA) is 38.7 Å². The first kappa shape index (κ1) is 9.44. The van der Waals surface area contributed by atoms with E-state index in [2.05, 4.69) is 0 Å². The van der Waals surface area contributed by atoms with Gasteiger partial charge in [0.15, 0.2) is 6.29 Å². The molecule has 1 aliphatic heterocycles. The Morgan fingerprint density at radius 3 is 2.77 bits per heavy atom. The summed E-state index contributed by atoms with van der Waals surface area (Å²) >= 11 is 0. The van der Waals surface area contributed by atoms with Crippen LogP contribution in [0.2, 0.25) is 0 Å². The molecule has 0 amide bonds. The van der Waals surface area contributed by atoms with E-state index in [0.29, 0.717) is 6.61 Å². The Bertz CT molecular complexity index is 160. The van der Waals surface area contributed by atoms with E-state index in [-0.39, 0.29) is 18.3 Å². The Labute approximate surface area is 79.0 Å². The molecule has 3 heteroatoms. The monoisotopic (exact) mass is 186 g/mol. The molecule has 0 bridgehead atoms. The van der Waals surface area contributed by atoms with Crippen molar-refractivity contribution in [3.05, 3.63) is 0 Å². The summed E-state index contributed by atoms with van der Waals surface area (Å²) in [5, 5.41) is 9.07. The summed E-state index contributed by atoms with van der Waals surface area (Å²) in [7, 11) is 0. The number of hydrogen-bond donors (Lipinski definition) is 1. The quantitative estimate of drug-likeness (QED) is 0.719. The molecule has 13 heavy (non-hydrogen) atoms. The summed E-state index contributed by atoms with van der Waals surface area (Å²) < 4.78 is 11.1. The van der Waals surface area contributed by atoms with Crippen molar-refractivity contribution in [3.8, 4) is 0 Å². The summed E-state index contributed by atoms with van der Waals surface area (Å²) in [5.74, 6) is 0. The molecule has 2 rings (SSSR count). The fourth-order valence-electron chi connectivity index (χ4n) is 1.64. The average molecular weight is 186 g/mol. The largest absolute Gasteiger partial charge is 0.396 e. The van der Waals surface area contributed by atoms with Crippen molar-refractivity contribution in [1.29, 1.82) is 0 Å². The molecule has 1 N–H and O–H groups in total. The number of aliphatic hydroxyl groups is 1. The summed E-state index contributed by atoms with van der Waals surface area (Å²) in [6, 6.07) is 0. The van der Waals surface area contributed by atoms with Crippen molar-refractivity contribution in [3.63, 3.8) is 0 Å². The highest BCUT2D eigenvalue weighted by Gasteiger charge is 2.42. The fraction of sp³-hybridized carbons (Fsp3) is 1.00. The van der Waals surface area contributed by atoms with Crippen molar-refractivity contribution in [2.45, 2.75) is 38.4 Å². The van der Waals surface area contributed by atoms with Crippen LogP contribution >= 0.6 is 0 Å². The third-order valence-electron chi connectivity index (χ3n) is 3.01. The first-order chi connectivity index (χ1) is 6.35. The highest BCUT2D eigenvalue weighted by Crippen LogP contribution is 2.45. The minimum atomic E-state index is -0.00206. The molecule has 1 atom stereocenters. The maximum Gasteiger partial charge on any atom is 0.157 e. The molecule has 1 saturated heterocycles. The van der Waals surface area contributed by atoms with Gasteiger partial charge in [0, 0.05) is 12.0 Å². The Morgan fingerprint density at radius 2 is 2.23 bits per heavy atom. The van der Waals surface area contributed by atoms with Gasteiger partial charge in [0.05, 0.1) is 13.2 Å². The van der Waals surface area contributed by atoms with Crippen LogP contribution in [0.15, 0.2) is 0 Å². The van der Waals surface area contributed by atoms with Gasteiger partial charge in [0.25, 0.3) is 0 Å². The van der Waals surface area contributed by atoms with Gasteiger partial charge in [-0.25, -0.2) is 0 Å². The molecule has 2 aliphatic rings. The minimum Gasteiger partial charge on any atom is -0.396 e.